The van der Waals surface area contributed by atoms with Crippen LogP contribution in [-0.4, -0.2) is 12.7 Å². The molecule has 1 aromatic rings. The molecule has 0 aliphatic carbocycles. The summed E-state index contributed by atoms with van der Waals surface area (Å²) in [4.78, 5) is 11.4. The standard InChI is InChI=1S/C14H19NO2.ClH/c1-9-6-5-7-10(2)11(9)12-14(3,4)8-17-13(16)15-12;/h5-7,12H,8H2,1-4H3,(H,15,16);1H/t12-;/m1./s1. The Bertz CT molecular complexity index is 437. The Hall–Kier alpha value is -1.22. The number of carbonyl (C=O) groups is 1. The van der Waals surface area contributed by atoms with E-state index in [1.54, 1.807) is 0 Å². The molecule has 0 saturated carbocycles. The lowest BCUT2D eigenvalue weighted by Crippen LogP contribution is -2.47. The van der Waals surface area contributed by atoms with Gasteiger partial charge in [0.25, 0.3) is 0 Å². The number of carbonyl (C=O) groups excluding carboxylic acids is 1. The van der Waals surface area contributed by atoms with Crippen molar-refractivity contribution in [1.29, 1.82) is 0 Å². The summed E-state index contributed by atoms with van der Waals surface area (Å²) >= 11 is 0. The van der Waals surface area contributed by atoms with Crippen LogP contribution < -0.4 is 5.32 Å². The molecule has 2 rings (SSSR count). The molecule has 1 amide bonds. The van der Waals surface area contributed by atoms with E-state index in [4.69, 9.17) is 4.74 Å². The number of alkyl carbamates (subject to hydrolysis) is 1. The highest BCUT2D eigenvalue weighted by Crippen LogP contribution is 2.38. The Morgan fingerprint density at radius 1 is 1.28 bits per heavy atom. The van der Waals surface area contributed by atoms with Gasteiger partial charge in [0.05, 0.1) is 6.04 Å². The first-order chi connectivity index (χ1) is 7.92. The first kappa shape index (κ1) is 14.8. The van der Waals surface area contributed by atoms with E-state index in [-0.39, 0.29) is 30.0 Å². The minimum absolute atomic E-state index is 0. The Kier molecular flexibility index (Phi) is 4.28. The average molecular weight is 270 g/mol. The van der Waals surface area contributed by atoms with Crippen LogP contribution in [0.5, 0.6) is 0 Å². The predicted molar refractivity (Wildman–Crippen MR) is 74.2 cm³/mol. The third-order valence-corrected chi connectivity index (χ3v) is 3.45. The first-order valence-electron chi connectivity index (χ1n) is 5.91. The SMILES string of the molecule is Cc1cccc(C)c1[C@H]1NC(=O)OCC1(C)C.Cl. The third kappa shape index (κ3) is 2.61. The van der Waals surface area contributed by atoms with Gasteiger partial charge in [-0.1, -0.05) is 32.0 Å². The molecule has 0 bridgehead atoms. The predicted octanol–water partition coefficient (Wildman–Crippen LogP) is 3.53. The Morgan fingerprint density at radius 3 is 2.39 bits per heavy atom. The normalized spacial score (nSPS) is 21.6. The number of benzene rings is 1. The van der Waals surface area contributed by atoms with E-state index in [0.717, 1.165) is 0 Å². The van der Waals surface area contributed by atoms with Crippen molar-refractivity contribution in [3.63, 3.8) is 0 Å². The highest BCUT2D eigenvalue weighted by atomic mass is 35.5. The van der Waals surface area contributed by atoms with E-state index in [1.165, 1.54) is 16.7 Å². The first-order valence-corrected chi connectivity index (χ1v) is 5.91. The van der Waals surface area contributed by atoms with Gasteiger partial charge in [0, 0.05) is 5.41 Å². The molecule has 1 saturated heterocycles. The summed E-state index contributed by atoms with van der Waals surface area (Å²) in [6, 6.07) is 6.23. The van der Waals surface area contributed by atoms with Crippen LogP contribution in [0.3, 0.4) is 0 Å². The third-order valence-electron chi connectivity index (χ3n) is 3.45. The fourth-order valence-corrected chi connectivity index (χ4v) is 2.44. The Morgan fingerprint density at radius 2 is 1.83 bits per heavy atom. The summed E-state index contributed by atoms with van der Waals surface area (Å²) < 4.78 is 5.07. The van der Waals surface area contributed by atoms with E-state index in [9.17, 15) is 4.79 Å². The molecule has 0 radical (unpaired) electrons. The second-order valence-corrected chi connectivity index (χ2v) is 5.45. The lowest BCUT2D eigenvalue weighted by Gasteiger charge is -2.39. The molecule has 1 aliphatic heterocycles. The largest absolute Gasteiger partial charge is 0.449 e. The fraction of sp³-hybridized carbons (Fsp3) is 0.500. The number of hydrogen-bond acceptors (Lipinski definition) is 2. The summed E-state index contributed by atoms with van der Waals surface area (Å²) in [7, 11) is 0. The molecule has 0 aromatic heterocycles. The van der Waals surface area contributed by atoms with Gasteiger partial charge < -0.3 is 10.1 Å². The quantitative estimate of drug-likeness (QED) is 0.847. The van der Waals surface area contributed by atoms with Gasteiger partial charge in [-0.25, -0.2) is 4.79 Å². The molecule has 0 unspecified atom stereocenters. The van der Waals surface area contributed by atoms with E-state index in [2.05, 4.69) is 45.1 Å². The van der Waals surface area contributed by atoms with Gasteiger partial charge in [-0.15, -0.1) is 12.4 Å². The van der Waals surface area contributed by atoms with Gasteiger partial charge in [0.15, 0.2) is 0 Å². The van der Waals surface area contributed by atoms with Crippen molar-refractivity contribution in [3.8, 4) is 0 Å². The molecule has 1 N–H and O–H groups in total. The molecule has 1 fully saturated rings. The smallest absolute Gasteiger partial charge is 0.407 e. The summed E-state index contributed by atoms with van der Waals surface area (Å²) in [5.74, 6) is 0. The summed E-state index contributed by atoms with van der Waals surface area (Å²) in [6.45, 7) is 8.85. The number of rotatable bonds is 1. The maximum absolute atomic E-state index is 11.4. The van der Waals surface area contributed by atoms with E-state index >= 15 is 0 Å². The Balaban J connectivity index is 0.00000162. The van der Waals surface area contributed by atoms with Crippen molar-refractivity contribution < 1.29 is 9.53 Å². The molecule has 18 heavy (non-hydrogen) atoms. The summed E-state index contributed by atoms with van der Waals surface area (Å²) in [5, 5.41) is 2.94. The minimum Gasteiger partial charge on any atom is -0.449 e. The number of halogens is 1. The molecule has 4 heteroatoms. The molecule has 1 aliphatic rings. The average Bonchev–Trinajstić information content (AvgIpc) is 2.23. The van der Waals surface area contributed by atoms with Crippen LogP contribution in [0.15, 0.2) is 18.2 Å². The van der Waals surface area contributed by atoms with Crippen LogP contribution in [0.2, 0.25) is 0 Å². The van der Waals surface area contributed by atoms with Gasteiger partial charge in [-0.2, -0.15) is 0 Å². The number of amides is 1. The summed E-state index contributed by atoms with van der Waals surface area (Å²) in [5.41, 5.74) is 3.55. The molecular weight excluding hydrogens is 250 g/mol. The van der Waals surface area contributed by atoms with Crippen LogP contribution in [0.1, 0.15) is 36.6 Å². The zero-order valence-electron chi connectivity index (χ0n) is 11.2. The highest BCUT2D eigenvalue weighted by molar-refractivity contribution is 5.85. The number of hydrogen-bond donors (Lipinski definition) is 1. The summed E-state index contributed by atoms with van der Waals surface area (Å²) in [6.07, 6.45) is -0.322. The molecule has 1 aromatic carbocycles. The maximum Gasteiger partial charge on any atom is 0.407 e. The van der Waals surface area contributed by atoms with E-state index in [0.29, 0.717) is 6.61 Å². The van der Waals surface area contributed by atoms with E-state index in [1.807, 2.05) is 6.07 Å². The van der Waals surface area contributed by atoms with Gasteiger partial charge in [0.1, 0.15) is 6.61 Å². The van der Waals surface area contributed by atoms with Gasteiger partial charge in [0.2, 0.25) is 0 Å². The van der Waals surface area contributed by atoms with Crippen molar-refractivity contribution in [2.45, 2.75) is 33.7 Å². The number of nitrogens with one attached hydrogen (secondary N) is 1. The van der Waals surface area contributed by atoms with Crippen LogP contribution in [-0.2, 0) is 4.74 Å². The zero-order valence-corrected chi connectivity index (χ0v) is 12.1. The van der Waals surface area contributed by atoms with Crippen molar-refractivity contribution in [2.75, 3.05) is 6.61 Å². The lowest BCUT2D eigenvalue weighted by atomic mass is 9.77. The van der Waals surface area contributed by atoms with Crippen LogP contribution in [0.25, 0.3) is 0 Å². The topological polar surface area (TPSA) is 38.3 Å². The second kappa shape index (κ2) is 5.19. The molecular formula is C14H20ClNO2. The molecule has 3 nitrogen and oxygen atoms in total. The van der Waals surface area contributed by atoms with Gasteiger partial charge >= 0.3 is 6.09 Å². The second-order valence-electron chi connectivity index (χ2n) is 5.45. The van der Waals surface area contributed by atoms with Crippen molar-refractivity contribution in [1.82, 2.24) is 5.32 Å². The van der Waals surface area contributed by atoms with Crippen LogP contribution >= 0.6 is 12.4 Å². The van der Waals surface area contributed by atoms with Gasteiger partial charge in [-0.3, -0.25) is 0 Å². The lowest BCUT2D eigenvalue weighted by molar-refractivity contribution is 0.0384. The van der Waals surface area contributed by atoms with Gasteiger partial charge in [-0.05, 0) is 30.5 Å². The van der Waals surface area contributed by atoms with Crippen LogP contribution in [0.4, 0.5) is 4.79 Å². The van der Waals surface area contributed by atoms with E-state index < -0.39 is 0 Å². The molecule has 0 spiro atoms. The number of cyclic esters (lactones) is 1. The fourth-order valence-electron chi connectivity index (χ4n) is 2.44. The maximum atomic E-state index is 11.4. The zero-order chi connectivity index (χ0) is 12.6. The Labute approximate surface area is 114 Å². The monoisotopic (exact) mass is 269 g/mol. The molecule has 1 atom stereocenters. The highest BCUT2D eigenvalue weighted by Gasteiger charge is 2.39. The van der Waals surface area contributed by atoms with Crippen molar-refractivity contribution in [2.24, 2.45) is 5.41 Å². The number of ether oxygens (including phenoxy) is 1. The molecule has 1 heterocycles. The van der Waals surface area contributed by atoms with Crippen molar-refractivity contribution >= 4 is 18.5 Å². The number of aryl methyl sites for hydroxylation is 2. The molecule has 100 valence electrons. The van der Waals surface area contributed by atoms with Crippen molar-refractivity contribution in [3.05, 3.63) is 34.9 Å². The van der Waals surface area contributed by atoms with Crippen LogP contribution in [0, 0.1) is 19.3 Å². The minimum atomic E-state index is -0.322.